The third-order valence-electron chi connectivity index (χ3n) is 5.60. The first-order chi connectivity index (χ1) is 10.3. The van der Waals surface area contributed by atoms with E-state index in [1.54, 1.807) is 11.1 Å². The molecule has 114 valence electrons. The van der Waals surface area contributed by atoms with Crippen molar-refractivity contribution in [3.63, 3.8) is 0 Å². The van der Waals surface area contributed by atoms with Crippen LogP contribution in [0.5, 0.6) is 0 Å². The molecule has 1 aliphatic heterocycles. The zero-order valence-electron chi connectivity index (χ0n) is 13.3. The van der Waals surface area contributed by atoms with Gasteiger partial charge in [0.1, 0.15) is 0 Å². The summed E-state index contributed by atoms with van der Waals surface area (Å²) in [6, 6.07) is 8.52. The van der Waals surface area contributed by atoms with E-state index in [2.05, 4.69) is 35.3 Å². The van der Waals surface area contributed by atoms with Crippen LogP contribution in [-0.2, 0) is 6.42 Å². The second-order valence-electron chi connectivity index (χ2n) is 7.45. The van der Waals surface area contributed by atoms with Crippen LogP contribution in [0.1, 0.15) is 54.8 Å². The van der Waals surface area contributed by atoms with Crippen LogP contribution in [0.2, 0.25) is 0 Å². The molecule has 2 unspecified atom stereocenters. The fraction of sp³-hybridized carbons (Fsp3) is 0.684. The van der Waals surface area contributed by atoms with Crippen LogP contribution in [0, 0.1) is 12.8 Å². The van der Waals surface area contributed by atoms with Crippen molar-refractivity contribution in [1.82, 2.24) is 10.2 Å². The number of hydrogen-bond donors (Lipinski definition) is 1. The van der Waals surface area contributed by atoms with Crippen molar-refractivity contribution in [3.05, 3.63) is 34.9 Å². The summed E-state index contributed by atoms with van der Waals surface area (Å²) < 4.78 is 0. The highest BCUT2D eigenvalue weighted by Gasteiger charge is 2.33. The Kier molecular flexibility index (Phi) is 3.76. The molecule has 4 rings (SSSR count). The van der Waals surface area contributed by atoms with Crippen molar-refractivity contribution in [1.29, 1.82) is 0 Å². The number of rotatable bonds is 5. The van der Waals surface area contributed by atoms with Crippen molar-refractivity contribution in [2.45, 2.75) is 57.5 Å². The number of nitrogens with one attached hydrogen (secondary N) is 1. The minimum absolute atomic E-state index is 0.683. The molecule has 0 amide bonds. The molecule has 2 aliphatic carbocycles. The Morgan fingerprint density at radius 2 is 2.05 bits per heavy atom. The van der Waals surface area contributed by atoms with E-state index in [0.717, 1.165) is 12.0 Å². The van der Waals surface area contributed by atoms with Gasteiger partial charge in [-0.15, -0.1) is 0 Å². The lowest BCUT2D eigenvalue weighted by Gasteiger charge is -2.32. The highest BCUT2D eigenvalue weighted by atomic mass is 15.2. The lowest BCUT2D eigenvalue weighted by atomic mass is 10.0. The van der Waals surface area contributed by atoms with E-state index >= 15 is 0 Å². The molecule has 2 atom stereocenters. The summed E-state index contributed by atoms with van der Waals surface area (Å²) in [6.45, 7) is 6.05. The molecule has 0 spiro atoms. The van der Waals surface area contributed by atoms with Gasteiger partial charge in [0.2, 0.25) is 0 Å². The van der Waals surface area contributed by atoms with Gasteiger partial charge in [0, 0.05) is 25.2 Å². The van der Waals surface area contributed by atoms with E-state index in [0.29, 0.717) is 6.04 Å². The third kappa shape index (κ3) is 3.02. The van der Waals surface area contributed by atoms with Crippen molar-refractivity contribution >= 4 is 0 Å². The van der Waals surface area contributed by atoms with Crippen molar-refractivity contribution in [2.24, 2.45) is 5.92 Å². The topological polar surface area (TPSA) is 15.3 Å². The van der Waals surface area contributed by atoms with Crippen molar-refractivity contribution in [3.8, 4) is 0 Å². The smallest absolute Gasteiger partial charge is 0.0354 e. The van der Waals surface area contributed by atoms with Crippen LogP contribution in [-0.4, -0.2) is 30.6 Å². The Labute approximate surface area is 128 Å². The molecule has 21 heavy (non-hydrogen) atoms. The van der Waals surface area contributed by atoms with Gasteiger partial charge < -0.3 is 5.32 Å². The zero-order valence-corrected chi connectivity index (χ0v) is 13.3. The molecule has 2 nitrogen and oxygen atoms in total. The largest absolute Gasteiger partial charge is 0.313 e. The molecular formula is C19H28N2. The molecule has 0 aromatic heterocycles. The monoisotopic (exact) mass is 284 g/mol. The van der Waals surface area contributed by atoms with Gasteiger partial charge in [-0.3, -0.25) is 4.90 Å². The Balaban J connectivity index is 1.54. The molecule has 1 saturated carbocycles. The van der Waals surface area contributed by atoms with Crippen LogP contribution in [0.4, 0.5) is 0 Å². The predicted molar refractivity (Wildman–Crippen MR) is 87.6 cm³/mol. The summed E-state index contributed by atoms with van der Waals surface area (Å²) in [5, 5.41) is 3.70. The van der Waals surface area contributed by atoms with Crippen LogP contribution in [0.25, 0.3) is 0 Å². The fourth-order valence-corrected chi connectivity index (χ4v) is 4.24. The number of benzene rings is 1. The first-order valence-electron chi connectivity index (χ1n) is 8.86. The molecule has 2 fully saturated rings. The Hall–Kier alpha value is -0.860. The number of nitrogens with zero attached hydrogens (tertiary/aromatic N) is 1. The first kappa shape index (κ1) is 13.8. The molecule has 1 aromatic carbocycles. The van der Waals surface area contributed by atoms with Gasteiger partial charge in [0.15, 0.2) is 0 Å². The van der Waals surface area contributed by atoms with Gasteiger partial charge in [0.25, 0.3) is 0 Å². The number of aryl methyl sites for hydroxylation is 2. The number of hydrogen-bond acceptors (Lipinski definition) is 2. The normalized spacial score (nSPS) is 28.3. The highest BCUT2D eigenvalue weighted by Crippen LogP contribution is 2.39. The second-order valence-corrected chi connectivity index (χ2v) is 7.45. The maximum atomic E-state index is 3.70. The van der Waals surface area contributed by atoms with Crippen LogP contribution in [0.3, 0.4) is 0 Å². The molecule has 1 aromatic rings. The summed E-state index contributed by atoms with van der Waals surface area (Å²) in [6.07, 6.45) is 8.26. The summed E-state index contributed by atoms with van der Waals surface area (Å²) in [7, 11) is 0. The predicted octanol–water partition coefficient (Wildman–Crippen LogP) is 3.45. The van der Waals surface area contributed by atoms with Gasteiger partial charge >= 0.3 is 0 Å². The first-order valence-corrected chi connectivity index (χ1v) is 8.86. The summed E-state index contributed by atoms with van der Waals surface area (Å²) >= 11 is 0. The standard InChI is InChI=1S/C19H28N2/c1-14-4-7-16-8-9-19(18(16)11-14)21(12-15-5-6-15)13-17-3-2-10-20-17/h4,7,11,15,17,19-20H,2-3,5-6,8-10,12-13H2,1H3. The second kappa shape index (κ2) is 5.73. The van der Waals surface area contributed by atoms with Crippen LogP contribution >= 0.6 is 0 Å². The third-order valence-corrected chi connectivity index (χ3v) is 5.60. The van der Waals surface area contributed by atoms with Crippen LogP contribution in [0.15, 0.2) is 18.2 Å². The van der Waals surface area contributed by atoms with Gasteiger partial charge in [-0.25, -0.2) is 0 Å². The van der Waals surface area contributed by atoms with E-state index in [4.69, 9.17) is 0 Å². The fourth-order valence-electron chi connectivity index (χ4n) is 4.24. The van der Waals surface area contributed by atoms with Crippen molar-refractivity contribution in [2.75, 3.05) is 19.6 Å². The zero-order chi connectivity index (χ0) is 14.2. The molecule has 1 saturated heterocycles. The van der Waals surface area contributed by atoms with Crippen molar-refractivity contribution < 1.29 is 0 Å². The molecule has 0 radical (unpaired) electrons. The minimum Gasteiger partial charge on any atom is -0.313 e. The van der Waals surface area contributed by atoms with Crippen LogP contribution < -0.4 is 5.32 Å². The molecule has 1 heterocycles. The molecular weight excluding hydrogens is 256 g/mol. The van der Waals surface area contributed by atoms with Gasteiger partial charge in [0.05, 0.1) is 0 Å². The molecule has 1 N–H and O–H groups in total. The summed E-state index contributed by atoms with van der Waals surface area (Å²) in [4.78, 5) is 2.83. The lowest BCUT2D eigenvalue weighted by molar-refractivity contribution is 0.172. The average Bonchev–Trinajstić information content (AvgIpc) is 2.99. The van der Waals surface area contributed by atoms with Gasteiger partial charge in [-0.2, -0.15) is 0 Å². The van der Waals surface area contributed by atoms with Gasteiger partial charge in [-0.1, -0.05) is 23.8 Å². The SMILES string of the molecule is Cc1ccc2c(c1)C(N(CC1CC1)CC1CCCN1)CC2. The van der Waals surface area contributed by atoms with E-state index < -0.39 is 0 Å². The minimum atomic E-state index is 0.683. The highest BCUT2D eigenvalue weighted by molar-refractivity contribution is 5.37. The molecule has 0 bridgehead atoms. The van der Waals surface area contributed by atoms with E-state index in [9.17, 15) is 0 Å². The summed E-state index contributed by atoms with van der Waals surface area (Å²) in [5.41, 5.74) is 4.66. The van der Waals surface area contributed by atoms with E-state index in [1.807, 2.05) is 0 Å². The molecule has 3 aliphatic rings. The van der Waals surface area contributed by atoms with E-state index in [-0.39, 0.29) is 0 Å². The number of fused-ring (bicyclic) bond motifs is 1. The maximum Gasteiger partial charge on any atom is 0.0354 e. The quantitative estimate of drug-likeness (QED) is 0.891. The average molecular weight is 284 g/mol. The lowest BCUT2D eigenvalue weighted by Crippen LogP contribution is -2.40. The Morgan fingerprint density at radius 1 is 1.14 bits per heavy atom. The summed E-state index contributed by atoms with van der Waals surface area (Å²) in [5.74, 6) is 0.986. The molecule has 2 heteroatoms. The Bertz CT molecular complexity index is 500. The Morgan fingerprint density at radius 3 is 2.81 bits per heavy atom. The van der Waals surface area contributed by atoms with Gasteiger partial charge in [-0.05, 0) is 69.0 Å². The maximum absolute atomic E-state index is 3.70. The van der Waals surface area contributed by atoms with E-state index in [1.165, 1.54) is 63.7 Å².